The van der Waals surface area contributed by atoms with Crippen LogP contribution >= 0.6 is 0 Å². The molecule has 6 N–H and O–H groups in total. The molecule has 0 spiro atoms. The Balaban J connectivity index is 1.28. The minimum Gasteiger partial charge on any atom is -0.531 e. The van der Waals surface area contributed by atoms with Crippen molar-refractivity contribution >= 4 is 36.0 Å². The van der Waals surface area contributed by atoms with E-state index in [9.17, 15) is 32.2 Å². The van der Waals surface area contributed by atoms with Crippen molar-refractivity contribution in [2.45, 2.75) is 39.6 Å². The number of benzene rings is 3. The van der Waals surface area contributed by atoms with E-state index in [1.165, 1.54) is 30.6 Å². The normalized spacial score (nSPS) is 10.8. The number of nitrogens with one attached hydrogen (secondary N) is 3. The molecule has 0 unspecified atom stereocenters. The van der Waals surface area contributed by atoms with Crippen LogP contribution in [0.25, 0.3) is 0 Å². The number of pyridine rings is 2. The predicted octanol–water partition coefficient (Wildman–Crippen LogP) is 4.64. The highest BCUT2D eigenvalue weighted by molar-refractivity contribution is 6.60. The number of carbonyl (C=O) groups is 2. The largest absolute Gasteiger partial charge is 0.560 e. The summed E-state index contributed by atoms with van der Waals surface area (Å²) in [5.41, 5.74) is 7.62. The van der Waals surface area contributed by atoms with E-state index in [1.54, 1.807) is 30.3 Å². The number of hydrogen-bond acceptors (Lipinski definition) is 9. The van der Waals surface area contributed by atoms with Gasteiger partial charge in [-0.1, -0.05) is 18.2 Å². The highest BCUT2D eigenvalue weighted by atomic mass is 19.2. The van der Waals surface area contributed by atoms with Crippen LogP contribution < -0.4 is 36.5 Å². The van der Waals surface area contributed by atoms with E-state index in [0.717, 1.165) is 24.3 Å². The van der Waals surface area contributed by atoms with Crippen molar-refractivity contribution in [2.24, 2.45) is 0 Å². The third kappa shape index (κ3) is 9.75. The molecule has 5 rings (SSSR count). The van der Waals surface area contributed by atoms with E-state index in [1.807, 2.05) is 13.8 Å². The number of nitrogens with zero attached hydrogens (tertiary/aromatic N) is 2. The van der Waals surface area contributed by atoms with Crippen LogP contribution in [0.15, 0.2) is 85.2 Å². The van der Waals surface area contributed by atoms with Crippen LogP contribution in [0.1, 0.15) is 51.3 Å². The molecule has 0 fully saturated rings. The number of nitrogen functional groups attached to an aromatic ring is 1. The number of carbonyl (C=O) groups excluding carboxylic acids is 2. The maximum atomic E-state index is 13.6. The maximum Gasteiger partial charge on any atom is 0.560 e. The lowest BCUT2D eigenvalue weighted by atomic mass is 9.78. The average Bonchev–Trinajstić information content (AvgIpc) is 3.12. The fourth-order valence-electron chi connectivity index (χ4n) is 4.94. The highest BCUT2D eigenvalue weighted by Gasteiger charge is 2.23. The van der Waals surface area contributed by atoms with Crippen LogP contribution in [0.3, 0.4) is 0 Å². The van der Waals surface area contributed by atoms with Crippen molar-refractivity contribution in [1.29, 1.82) is 0 Å². The van der Waals surface area contributed by atoms with Gasteiger partial charge in [0.15, 0.2) is 23.3 Å². The van der Waals surface area contributed by atoms with Gasteiger partial charge in [0.1, 0.15) is 23.1 Å². The summed E-state index contributed by atoms with van der Waals surface area (Å²) in [6.07, 6.45) is 2.50. The number of halogens is 4. The van der Waals surface area contributed by atoms with Crippen molar-refractivity contribution in [3.8, 4) is 11.5 Å². The van der Waals surface area contributed by atoms with Crippen molar-refractivity contribution in [3.63, 3.8) is 0 Å². The number of anilines is 2. The first kappa shape index (κ1) is 37.1. The number of ether oxygens (including phenoxy) is 1. The molecule has 3 aromatic carbocycles. The Hall–Kier alpha value is -6.16. The summed E-state index contributed by atoms with van der Waals surface area (Å²) < 4.78 is 65.4. The van der Waals surface area contributed by atoms with Gasteiger partial charge in [0.2, 0.25) is 0 Å². The molecule has 0 aliphatic carbocycles. The summed E-state index contributed by atoms with van der Waals surface area (Å²) >= 11 is 0. The molecular formula is C36H33BF4N6O5. The molecule has 0 saturated heterocycles. The van der Waals surface area contributed by atoms with Crippen molar-refractivity contribution in [2.75, 3.05) is 11.1 Å². The lowest BCUT2D eigenvalue weighted by Gasteiger charge is -2.17. The summed E-state index contributed by atoms with van der Waals surface area (Å²) in [5, 5.41) is 19.4. The molecule has 11 nitrogen and oxygen atoms in total. The van der Waals surface area contributed by atoms with E-state index in [-0.39, 0.29) is 59.7 Å². The molecule has 0 atom stereocenters. The van der Waals surface area contributed by atoms with Crippen molar-refractivity contribution in [3.05, 3.63) is 136 Å². The second-order valence-corrected chi connectivity index (χ2v) is 11.8. The Bertz CT molecular complexity index is 2090. The molecular weight excluding hydrogens is 683 g/mol. The van der Waals surface area contributed by atoms with Crippen LogP contribution in [0.2, 0.25) is 0 Å². The zero-order valence-corrected chi connectivity index (χ0v) is 27.9. The molecule has 2 aromatic heterocycles. The molecule has 5 aromatic rings. The molecule has 16 heteroatoms. The number of nitrogens with two attached hydrogens (primary N) is 1. The van der Waals surface area contributed by atoms with Gasteiger partial charge in [0.25, 0.3) is 11.8 Å². The van der Waals surface area contributed by atoms with Gasteiger partial charge >= 0.3 is 7.12 Å². The Morgan fingerprint density at radius 1 is 0.769 bits per heavy atom. The molecule has 0 bridgehead atoms. The maximum absolute atomic E-state index is 13.6. The van der Waals surface area contributed by atoms with Gasteiger partial charge in [-0.3, -0.25) is 9.59 Å². The molecule has 0 saturated carbocycles. The molecule has 2 amide bonds. The smallest absolute Gasteiger partial charge is 0.531 e. The Kier molecular flexibility index (Phi) is 11.9. The van der Waals surface area contributed by atoms with E-state index < -0.39 is 42.2 Å². The Labute approximate surface area is 296 Å². The SMILES string of the molecule is CC(C)Oc1cc(CNc2ncccc2C(=O)NCc2ccc(F)c(F)c2)cc(B(O)Oc2cnc(N)c(C(=O)NCc3ccc(F)c(F)c3)c2)c1. The number of amides is 2. The third-order valence-corrected chi connectivity index (χ3v) is 7.42. The fourth-order valence-corrected chi connectivity index (χ4v) is 4.94. The second kappa shape index (κ2) is 16.7. The molecule has 268 valence electrons. The summed E-state index contributed by atoms with van der Waals surface area (Å²) in [6, 6.07) is 15.9. The van der Waals surface area contributed by atoms with Gasteiger partial charge in [-0.25, -0.2) is 27.5 Å². The Morgan fingerprint density at radius 3 is 2.02 bits per heavy atom. The fraction of sp³-hybridized carbons (Fsp3) is 0.167. The van der Waals surface area contributed by atoms with Gasteiger partial charge in [-0.05, 0) is 85.1 Å². The van der Waals surface area contributed by atoms with Gasteiger partial charge in [0, 0.05) is 31.3 Å². The minimum atomic E-state index is -1.56. The van der Waals surface area contributed by atoms with Gasteiger partial charge in [-0.15, -0.1) is 0 Å². The number of aromatic nitrogens is 2. The third-order valence-electron chi connectivity index (χ3n) is 7.42. The topological polar surface area (TPSA) is 161 Å². The lowest BCUT2D eigenvalue weighted by Crippen LogP contribution is -2.37. The molecule has 0 aliphatic rings. The minimum absolute atomic E-state index is 0.00190. The van der Waals surface area contributed by atoms with Gasteiger partial charge in [-0.2, -0.15) is 0 Å². The van der Waals surface area contributed by atoms with E-state index in [2.05, 4.69) is 25.9 Å². The van der Waals surface area contributed by atoms with Gasteiger partial charge in [0.05, 0.1) is 23.4 Å². The first-order chi connectivity index (χ1) is 24.9. The van der Waals surface area contributed by atoms with E-state index in [4.69, 9.17) is 15.1 Å². The van der Waals surface area contributed by atoms with Crippen LogP contribution in [0, 0.1) is 23.3 Å². The van der Waals surface area contributed by atoms with Crippen LogP contribution in [-0.4, -0.2) is 40.0 Å². The van der Waals surface area contributed by atoms with Crippen LogP contribution in [0.4, 0.5) is 29.2 Å². The molecule has 52 heavy (non-hydrogen) atoms. The van der Waals surface area contributed by atoms with Crippen LogP contribution in [0.5, 0.6) is 11.5 Å². The molecule has 2 heterocycles. The van der Waals surface area contributed by atoms with Crippen molar-refractivity contribution < 1.29 is 41.6 Å². The second-order valence-electron chi connectivity index (χ2n) is 11.8. The first-order valence-electron chi connectivity index (χ1n) is 15.9. The predicted molar refractivity (Wildman–Crippen MR) is 186 cm³/mol. The van der Waals surface area contributed by atoms with Crippen LogP contribution in [-0.2, 0) is 19.6 Å². The first-order valence-corrected chi connectivity index (χ1v) is 15.9. The standard InChI is InChI=1S/C36H33BF4N6O5/c1-20(2)51-25-11-23(18-45-34-27(4-3-9-43-34)35(48)46-16-21-5-7-29(38)31(40)12-21)10-24(14-25)37(50)52-26-15-28(33(42)44-19-26)36(49)47-17-22-6-8-30(39)32(41)13-22/h3-15,19-20,50H,16-18H2,1-2H3,(H2,42,44)(H,43,45)(H,46,48)(H,47,49). The average molecular weight is 717 g/mol. The zero-order chi connectivity index (χ0) is 37.4. The summed E-state index contributed by atoms with van der Waals surface area (Å²) in [4.78, 5) is 34.2. The molecule has 0 radical (unpaired) electrons. The summed E-state index contributed by atoms with van der Waals surface area (Å²) in [7, 11) is -1.56. The Morgan fingerprint density at radius 2 is 1.40 bits per heavy atom. The monoisotopic (exact) mass is 716 g/mol. The van der Waals surface area contributed by atoms with Gasteiger partial charge < -0.3 is 36.1 Å². The summed E-state index contributed by atoms with van der Waals surface area (Å²) in [6.45, 7) is 3.62. The quantitative estimate of drug-likeness (QED) is 0.0815. The van der Waals surface area contributed by atoms with E-state index in [0.29, 0.717) is 22.4 Å². The number of rotatable bonds is 14. The highest BCUT2D eigenvalue weighted by Crippen LogP contribution is 2.21. The van der Waals surface area contributed by atoms with Crippen molar-refractivity contribution in [1.82, 2.24) is 20.6 Å². The lowest BCUT2D eigenvalue weighted by molar-refractivity contribution is 0.0943. The summed E-state index contributed by atoms with van der Waals surface area (Å²) in [5.74, 6) is -4.73. The zero-order valence-electron chi connectivity index (χ0n) is 27.9. The molecule has 0 aliphatic heterocycles. The van der Waals surface area contributed by atoms with E-state index >= 15 is 0 Å². The number of hydrogen-bond donors (Lipinski definition) is 5.